The molecule has 0 bridgehead atoms. The summed E-state index contributed by atoms with van der Waals surface area (Å²) in [5, 5.41) is 4.41. The Hall–Kier alpha value is -4.37. The van der Waals surface area contributed by atoms with Crippen molar-refractivity contribution in [1.29, 1.82) is 0 Å². The van der Waals surface area contributed by atoms with Gasteiger partial charge in [-0.05, 0) is 41.5 Å². The zero-order valence-electron chi connectivity index (χ0n) is 19.3. The standard InChI is InChI=1S/C27H21N3O5S/c1-32-22-13-18(11-12-20(22)33-15-17-7-3-2-4-8-17)14-24-26(31)30-27(36-24)28-25(29-30)23-16-34-19-9-5-6-10-21(19)35-23/h2-14,23H,15-16H2,1H3. The van der Waals surface area contributed by atoms with Crippen LogP contribution in [0.1, 0.15) is 23.1 Å². The molecule has 9 heteroatoms. The normalized spacial score (nSPS) is 15.2. The number of aromatic nitrogens is 3. The second kappa shape index (κ2) is 9.35. The molecule has 1 aliphatic heterocycles. The third-order valence-corrected chi connectivity index (χ3v) is 6.68. The summed E-state index contributed by atoms with van der Waals surface area (Å²) in [7, 11) is 1.59. The summed E-state index contributed by atoms with van der Waals surface area (Å²) in [4.78, 5) is 18.1. The number of ether oxygens (including phenoxy) is 4. The van der Waals surface area contributed by atoms with Gasteiger partial charge in [0.15, 0.2) is 34.9 Å². The van der Waals surface area contributed by atoms with Crippen LogP contribution in [-0.4, -0.2) is 28.3 Å². The van der Waals surface area contributed by atoms with Gasteiger partial charge in [-0.3, -0.25) is 4.79 Å². The van der Waals surface area contributed by atoms with E-state index in [0.717, 1.165) is 11.1 Å². The number of para-hydroxylation sites is 2. The summed E-state index contributed by atoms with van der Waals surface area (Å²) in [6.07, 6.45) is 1.31. The van der Waals surface area contributed by atoms with Crippen LogP contribution in [-0.2, 0) is 6.61 Å². The predicted octanol–water partition coefficient (Wildman–Crippen LogP) is 3.80. The average Bonchev–Trinajstić information content (AvgIpc) is 3.47. The largest absolute Gasteiger partial charge is 0.493 e. The number of hydrogen-bond acceptors (Lipinski definition) is 8. The molecule has 1 aliphatic rings. The predicted molar refractivity (Wildman–Crippen MR) is 135 cm³/mol. The number of thiazole rings is 1. The molecule has 0 aliphatic carbocycles. The van der Waals surface area contributed by atoms with Crippen LogP contribution in [0, 0.1) is 0 Å². The van der Waals surface area contributed by atoms with Crippen LogP contribution in [0.5, 0.6) is 23.0 Å². The highest BCUT2D eigenvalue weighted by atomic mass is 32.1. The molecule has 0 spiro atoms. The summed E-state index contributed by atoms with van der Waals surface area (Å²) in [6.45, 7) is 0.711. The molecule has 2 aromatic heterocycles. The Morgan fingerprint density at radius 2 is 1.86 bits per heavy atom. The van der Waals surface area contributed by atoms with Gasteiger partial charge in [0.05, 0.1) is 11.6 Å². The Labute approximate surface area is 210 Å². The van der Waals surface area contributed by atoms with Crippen molar-refractivity contribution in [2.24, 2.45) is 0 Å². The molecule has 1 unspecified atom stereocenters. The molecular formula is C27H21N3O5S. The first-order valence-corrected chi connectivity index (χ1v) is 12.1. The summed E-state index contributed by atoms with van der Waals surface area (Å²) < 4.78 is 25.0. The molecule has 1 atom stereocenters. The SMILES string of the molecule is COc1cc(C=c2sc3nc(C4COc5ccccc5O4)nn3c2=O)ccc1OCc1ccccc1. The molecule has 5 aromatic rings. The first-order chi connectivity index (χ1) is 17.7. The molecule has 0 fully saturated rings. The van der Waals surface area contributed by atoms with E-state index in [1.54, 1.807) is 13.2 Å². The van der Waals surface area contributed by atoms with Crippen LogP contribution in [0.2, 0.25) is 0 Å². The lowest BCUT2D eigenvalue weighted by Crippen LogP contribution is -2.26. The van der Waals surface area contributed by atoms with E-state index in [2.05, 4.69) is 10.1 Å². The number of methoxy groups -OCH3 is 1. The van der Waals surface area contributed by atoms with E-state index in [1.807, 2.05) is 72.8 Å². The van der Waals surface area contributed by atoms with Gasteiger partial charge in [0.2, 0.25) is 4.96 Å². The van der Waals surface area contributed by atoms with Crippen molar-refractivity contribution in [2.75, 3.05) is 13.7 Å². The fourth-order valence-electron chi connectivity index (χ4n) is 3.91. The molecule has 6 rings (SSSR count). The maximum atomic E-state index is 13.0. The van der Waals surface area contributed by atoms with Crippen molar-refractivity contribution in [3.8, 4) is 23.0 Å². The lowest BCUT2D eigenvalue weighted by molar-refractivity contribution is 0.0852. The summed E-state index contributed by atoms with van der Waals surface area (Å²) in [5.74, 6) is 2.95. The van der Waals surface area contributed by atoms with Crippen LogP contribution in [0.15, 0.2) is 77.6 Å². The van der Waals surface area contributed by atoms with Crippen molar-refractivity contribution in [1.82, 2.24) is 14.6 Å². The fourth-order valence-corrected chi connectivity index (χ4v) is 4.83. The van der Waals surface area contributed by atoms with Crippen LogP contribution < -0.4 is 29.0 Å². The van der Waals surface area contributed by atoms with Crippen LogP contribution in [0.25, 0.3) is 11.0 Å². The van der Waals surface area contributed by atoms with E-state index >= 15 is 0 Å². The average molecular weight is 500 g/mol. The minimum Gasteiger partial charge on any atom is -0.493 e. The summed E-state index contributed by atoms with van der Waals surface area (Å²) in [6, 6.07) is 22.9. The van der Waals surface area contributed by atoms with E-state index in [9.17, 15) is 4.79 Å². The van der Waals surface area contributed by atoms with Crippen molar-refractivity contribution in [3.63, 3.8) is 0 Å². The Bertz CT molecular complexity index is 1650. The molecule has 3 aromatic carbocycles. The van der Waals surface area contributed by atoms with E-state index in [4.69, 9.17) is 18.9 Å². The Morgan fingerprint density at radius 3 is 2.67 bits per heavy atom. The van der Waals surface area contributed by atoms with Crippen LogP contribution >= 0.6 is 11.3 Å². The molecule has 0 radical (unpaired) electrons. The third-order valence-electron chi connectivity index (χ3n) is 5.72. The second-order valence-electron chi connectivity index (χ2n) is 8.13. The highest BCUT2D eigenvalue weighted by molar-refractivity contribution is 7.15. The second-order valence-corrected chi connectivity index (χ2v) is 9.14. The van der Waals surface area contributed by atoms with Gasteiger partial charge in [0.25, 0.3) is 5.56 Å². The van der Waals surface area contributed by atoms with Gasteiger partial charge >= 0.3 is 0 Å². The van der Waals surface area contributed by atoms with Crippen molar-refractivity contribution in [3.05, 3.63) is 105 Å². The first-order valence-electron chi connectivity index (χ1n) is 11.3. The minimum absolute atomic E-state index is 0.241. The quantitative estimate of drug-likeness (QED) is 0.351. The fraction of sp³-hybridized carbons (Fsp3) is 0.148. The zero-order chi connectivity index (χ0) is 24.5. The molecule has 3 heterocycles. The first kappa shape index (κ1) is 22.1. The van der Waals surface area contributed by atoms with Gasteiger partial charge in [-0.25, -0.2) is 0 Å². The number of hydrogen-bond donors (Lipinski definition) is 0. The Morgan fingerprint density at radius 1 is 1.06 bits per heavy atom. The van der Waals surface area contributed by atoms with Gasteiger partial charge in [0, 0.05) is 0 Å². The molecule has 180 valence electrons. The summed E-state index contributed by atoms with van der Waals surface area (Å²) in [5.41, 5.74) is 1.63. The highest BCUT2D eigenvalue weighted by Gasteiger charge is 2.27. The molecule has 0 saturated heterocycles. The molecule has 0 saturated carbocycles. The van der Waals surface area contributed by atoms with E-state index in [1.165, 1.54) is 15.9 Å². The highest BCUT2D eigenvalue weighted by Crippen LogP contribution is 2.35. The van der Waals surface area contributed by atoms with Gasteiger partial charge in [-0.2, -0.15) is 9.50 Å². The molecule has 36 heavy (non-hydrogen) atoms. The van der Waals surface area contributed by atoms with Crippen molar-refractivity contribution >= 4 is 22.4 Å². The zero-order valence-corrected chi connectivity index (χ0v) is 20.1. The van der Waals surface area contributed by atoms with Crippen molar-refractivity contribution in [2.45, 2.75) is 12.7 Å². The van der Waals surface area contributed by atoms with Crippen molar-refractivity contribution < 1.29 is 18.9 Å². The number of benzene rings is 3. The monoisotopic (exact) mass is 499 g/mol. The lowest BCUT2D eigenvalue weighted by atomic mass is 10.2. The van der Waals surface area contributed by atoms with E-state index < -0.39 is 6.10 Å². The maximum absolute atomic E-state index is 13.0. The Kier molecular flexibility index (Phi) is 5.74. The number of rotatable bonds is 6. The van der Waals surface area contributed by atoms with Gasteiger partial charge in [-0.1, -0.05) is 59.9 Å². The van der Waals surface area contributed by atoms with Crippen LogP contribution in [0.3, 0.4) is 0 Å². The van der Waals surface area contributed by atoms with E-state index in [0.29, 0.717) is 44.9 Å². The van der Waals surface area contributed by atoms with Crippen LogP contribution in [0.4, 0.5) is 0 Å². The topological polar surface area (TPSA) is 84.2 Å². The van der Waals surface area contributed by atoms with Gasteiger partial charge in [0.1, 0.15) is 13.2 Å². The summed E-state index contributed by atoms with van der Waals surface area (Å²) >= 11 is 1.27. The molecule has 8 nitrogen and oxygen atoms in total. The lowest BCUT2D eigenvalue weighted by Gasteiger charge is -2.24. The number of nitrogens with zero attached hydrogens (tertiary/aromatic N) is 3. The number of fused-ring (bicyclic) bond motifs is 2. The maximum Gasteiger partial charge on any atom is 0.291 e. The molecule has 0 N–H and O–H groups in total. The Balaban J connectivity index is 1.24. The smallest absolute Gasteiger partial charge is 0.291 e. The molecular weight excluding hydrogens is 478 g/mol. The van der Waals surface area contributed by atoms with Gasteiger partial charge in [-0.15, -0.1) is 5.10 Å². The third kappa shape index (κ3) is 4.25. The minimum atomic E-state index is -0.480. The van der Waals surface area contributed by atoms with E-state index in [-0.39, 0.29) is 12.2 Å². The van der Waals surface area contributed by atoms with Gasteiger partial charge < -0.3 is 18.9 Å². The molecule has 0 amide bonds.